The van der Waals surface area contributed by atoms with E-state index in [9.17, 15) is 14.7 Å². The zero-order chi connectivity index (χ0) is 21.7. The molecule has 1 amide bonds. The minimum atomic E-state index is -0.863. The third kappa shape index (κ3) is 5.20. The minimum Gasteiger partial charge on any atom is -0.387 e. The van der Waals surface area contributed by atoms with Gasteiger partial charge in [0.25, 0.3) is 11.5 Å². The number of carbonyl (C=O) groups excluding carboxylic acids is 1. The number of pyridine rings is 1. The first-order valence-electron chi connectivity index (χ1n) is 9.33. The van der Waals surface area contributed by atoms with E-state index in [1.807, 2.05) is 31.1 Å². The number of nitrogens with zero attached hydrogens (tertiary/aromatic N) is 1. The first kappa shape index (κ1) is 21.4. The van der Waals surface area contributed by atoms with Gasteiger partial charge in [-0.25, -0.2) is 0 Å². The lowest BCUT2D eigenvalue weighted by molar-refractivity contribution is 0.102. The SMILES string of the molecule is CN(C)c1ccc(NC(=O)c2c(NC[C@@H](O)c3cccc(Cl)c3)cc[nH]c2=O)cc1. The standard InChI is InChI=1S/C22H23ClN4O3/c1-27(2)17-8-6-16(7-9-17)26-22(30)20-18(10-11-24-21(20)29)25-13-19(28)14-4-3-5-15(23)12-14/h3-12,19,28H,13H2,1-2H3,(H,26,30)(H2,24,25,29)/t19-/m1/s1. The summed E-state index contributed by atoms with van der Waals surface area (Å²) < 4.78 is 0. The monoisotopic (exact) mass is 426 g/mol. The maximum absolute atomic E-state index is 12.8. The van der Waals surface area contributed by atoms with Crippen molar-refractivity contribution >= 4 is 34.6 Å². The Morgan fingerprint density at radius 3 is 2.57 bits per heavy atom. The lowest BCUT2D eigenvalue weighted by atomic mass is 10.1. The van der Waals surface area contributed by atoms with Crippen molar-refractivity contribution in [2.45, 2.75) is 6.10 Å². The topological polar surface area (TPSA) is 97.5 Å². The first-order valence-corrected chi connectivity index (χ1v) is 9.71. The number of aromatic amines is 1. The van der Waals surface area contributed by atoms with Crippen molar-refractivity contribution in [3.63, 3.8) is 0 Å². The van der Waals surface area contributed by atoms with Gasteiger partial charge in [0.05, 0.1) is 11.8 Å². The summed E-state index contributed by atoms with van der Waals surface area (Å²) >= 11 is 5.97. The van der Waals surface area contributed by atoms with Gasteiger partial charge in [0.2, 0.25) is 0 Å². The Kier molecular flexibility index (Phi) is 6.76. The molecule has 0 radical (unpaired) electrons. The summed E-state index contributed by atoms with van der Waals surface area (Å²) in [4.78, 5) is 29.6. The molecule has 0 saturated heterocycles. The van der Waals surface area contributed by atoms with Crippen LogP contribution in [0.2, 0.25) is 5.02 Å². The predicted octanol–water partition coefficient (Wildman–Crippen LogP) is 3.49. The number of carbonyl (C=O) groups is 1. The van der Waals surface area contributed by atoms with Crippen molar-refractivity contribution in [3.8, 4) is 0 Å². The highest BCUT2D eigenvalue weighted by Gasteiger charge is 2.17. The molecule has 0 aliphatic heterocycles. The normalized spacial score (nSPS) is 11.6. The van der Waals surface area contributed by atoms with E-state index in [0.717, 1.165) is 5.69 Å². The van der Waals surface area contributed by atoms with Gasteiger partial charge in [0.15, 0.2) is 0 Å². The summed E-state index contributed by atoms with van der Waals surface area (Å²) in [5, 5.41) is 16.6. The number of anilines is 3. The zero-order valence-electron chi connectivity index (χ0n) is 16.6. The molecule has 0 saturated carbocycles. The maximum Gasteiger partial charge on any atom is 0.263 e. The third-order valence-corrected chi connectivity index (χ3v) is 4.78. The summed E-state index contributed by atoms with van der Waals surface area (Å²) in [6.07, 6.45) is 0.580. The van der Waals surface area contributed by atoms with E-state index >= 15 is 0 Å². The minimum absolute atomic E-state index is 0.0625. The number of H-pyrrole nitrogens is 1. The Morgan fingerprint density at radius 1 is 1.17 bits per heavy atom. The number of nitrogens with one attached hydrogen (secondary N) is 3. The van der Waals surface area contributed by atoms with Gasteiger partial charge in [-0.1, -0.05) is 23.7 Å². The van der Waals surface area contributed by atoms with E-state index in [2.05, 4.69) is 15.6 Å². The highest BCUT2D eigenvalue weighted by atomic mass is 35.5. The number of aromatic nitrogens is 1. The number of hydrogen-bond donors (Lipinski definition) is 4. The van der Waals surface area contributed by atoms with Gasteiger partial charge in [0, 0.05) is 43.2 Å². The summed E-state index contributed by atoms with van der Waals surface area (Å²) in [5.41, 5.74) is 1.92. The van der Waals surface area contributed by atoms with Crippen LogP contribution >= 0.6 is 11.6 Å². The van der Waals surface area contributed by atoms with E-state index in [4.69, 9.17) is 11.6 Å². The van der Waals surface area contributed by atoms with Gasteiger partial charge in [-0.15, -0.1) is 0 Å². The van der Waals surface area contributed by atoms with E-state index in [-0.39, 0.29) is 12.1 Å². The van der Waals surface area contributed by atoms with Gasteiger partial charge in [-0.3, -0.25) is 9.59 Å². The molecule has 3 rings (SSSR count). The summed E-state index contributed by atoms with van der Waals surface area (Å²) in [6, 6.07) is 15.7. The van der Waals surface area contributed by atoms with Crippen LogP contribution in [0.25, 0.3) is 0 Å². The molecule has 30 heavy (non-hydrogen) atoms. The largest absolute Gasteiger partial charge is 0.387 e. The number of aliphatic hydroxyl groups excluding tert-OH is 1. The molecule has 1 heterocycles. The van der Waals surface area contributed by atoms with Crippen molar-refractivity contribution in [1.82, 2.24) is 4.98 Å². The maximum atomic E-state index is 12.8. The van der Waals surface area contributed by atoms with Crippen molar-refractivity contribution in [2.24, 2.45) is 0 Å². The van der Waals surface area contributed by atoms with Gasteiger partial charge < -0.3 is 25.6 Å². The number of amides is 1. The molecule has 0 spiro atoms. The van der Waals surface area contributed by atoms with Crippen molar-refractivity contribution < 1.29 is 9.90 Å². The van der Waals surface area contributed by atoms with Crippen LogP contribution in [0.3, 0.4) is 0 Å². The Morgan fingerprint density at radius 2 is 1.90 bits per heavy atom. The van der Waals surface area contributed by atoms with E-state index in [1.165, 1.54) is 6.20 Å². The summed E-state index contributed by atoms with van der Waals surface area (Å²) in [6.45, 7) is 0.0988. The van der Waals surface area contributed by atoms with Gasteiger partial charge >= 0.3 is 0 Å². The number of rotatable bonds is 7. The molecule has 7 nitrogen and oxygen atoms in total. The molecule has 1 atom stereocenters. The van der Waals surface area contributed by atoms with Crippen molar-refractivity contribution in [1.29, 1.82) is 0 Å². The number of halogens is 1. The third-order valence-electron chi connectivity index (χ3n) is 4.55. The Labute approximate surface area is 179 Å². The number of hydrogen-bond acceptors (Lipinski definition) is 5. The van der Waals surface area contributed by atoms with Crippen LogP contribution in [0.1, 0.15) is 22.0 Å². The van der Waals surface area contributed by atoms with Crippen LogP contribution in [0.5, 0.6) is 0 Å². The Bertz CT molecular complexity index is 1080. The molecule has 156 valence electrons. The van der Waals surface area contributed by atoms with Crippen LogP contribution < -0.4 is 21.1 Å². The highest BCUT2D eigenvalue weighted by molar-refractivity contribution is 6.30. The average molecular weight is 427 g/mol. The molecule has 0 aliphatic carbocycles. The Balaban J connectivity index is 1.75. The fourth-order valence-electron chi connectivity index (χ4n) is 2.93. The average Bonchev–Trinajstić information content (AvgIpc) is 2.72. The molecule has 0 unspecified atom stereocenters. The molecule has 0 fully saturated rings. The molecule has 1 aromatic heterocycles. The van der Waals surface area contributed by atoms with E-state index in [0.29, 0.717) is 22.0 Å². The zero-order valence-corrected chi connectivity index (χ0v) is 17.4. The van der Waals surface area contributed by atoms with Crippen LogP contribution in [-0.2, 0) is 0 Å². The lowest BCUT2D eigenvalue weighted by Gasteiger charge is -2.16. The molecule has 3 aromatic rings. The van der Waals surface area contributed by atoms with Crippen molar-refractivity contribution in [3.05, 3.63) is 87.3 Å². The number of benzene rings is 2. The van der Waals surface area contributed by atoms with Crippen LogP contribution in [0, 0.1) is 0 Å². The van der Waals surface area contributed by atoms with Crippen LogP contribution in [0.4, 0.5) is 17.1 Å². The quantitative estimate of drug-likeness (QED) is 0.463. The second kappa shape index (κ2) is 9.47. The van der Waals surface area contributed by atoms with Gasteiger partial charge in [-0.05, 0) is 48.0 Å². The lowest BCUT2D eigenvalue weighted by Crippen LogP contribution is -2.26. The second-order valence-corrected chi connectivity index (χ2v) is 7.38. The molecule has 4 N–H and O–H groups in total. The second-order valence-electron chi connectivity index (χ2n) is 6.94. The molecular formula is C22H23ClN4O3. The van der Waals surface area contributed by atoms with E-state index in [1.54, 1.807) is 42.5 Å². The predicted molar refractivity (Wildman–Crippen MR) is 121 cm³/mol. The molecule has 0 aliphatic rings. The van der Waals surface area contributed by atoms with E-state index < -0.39 is 17.6 Å². The highest BCUT2D eigenvalue weighted by Crippen LogP contribution is 2.20. The van der Waals surface area contributed by atoms with Gasteiger partial charge in [0.1, 0.15) is 5.56 Å². The van der Waals surface area contributed by atoms with Crippen LogP contribution in [0.15, 0.2) is 65.6 Å². The molecule has 8 heteroatoms. The number of aliphatic hydroxyl groups is 1. The first-order chi connectivity index (χ1) is 14.3. The smallest absolute Gasteiger partial charge is 0.263 e. The van der Waals surface area contributed by atoms with Gasteiger partial charge in [-0.2, -0.15) is 0 Å². The Hall–Kier alpha value is -3.29. The molecular weight excluding hydrogens is 404 g/mol. The van der Waals surface area contributed by atoms with Crippen molar-refractivity contribution in [2.75, 3.05) is 36.2 Å². The fourth-order valence-corrected chi connectivity index (χ4v) is 3.12. The summed E-state index contributed by atoms with van der Waals surface area (Å²) in [5.74, 6) is -0.547. The summed E-state index contributed by atoms with van der Waals surface area (Å²) in [7, 11) is 3.85. The molecule has 2 aromatic carbocycles. The van der Waals surface area contributed by atoms with Crippen LogP contribution in [-0.4, -0.2) is 36.6 Å². The molecule has 0 bridgehead atoms. The fraction of sp³-hybridized carbons (Fsp3) is 0.182.